The summed E-state index contributed by atoms with van der Waals surface area (Å²) in [6.07, 6.45) is 2.86. The Morgan fingerprint density at radius 2 is 1.52 bits per heavy atom. The Morgan fingerprint density at radius 1 is 0.800 bits per heavy atom. The van der Waals surface area contributed by atoms with E-state index in [0.29, 0.717) is 37.8 Å². The Hall–Kier alpha value is -5.56. The molecule has 12 heteroatoms. The van der Waals surface area contributed by atoms with Crippen LogP contribution in [0.25, 0.3) is 27.9 Å². The molecule has 3 heterocycles. The lowest BCUT2D eigenvalue weighted by Crippen LogP contribution is -2.40. The Bertz CT molecular complexity index is 2390. The number of ether oxygens (including phenoxy) is 1. The number of thiazole rings is 1. The van der Waals surface area contributed by atoms with Gasteiger partial charge in [-0.05, 0) is 84.0 Å². The van der Waals surface area contributed by atoms with Crippen molar-refractivity contribution >= 4 is 56.8 Å². The summed E-state index contributed by atoms with van der Waals surface area (Å²) in [6.45, 7) is 11.5. The second-order valence-electron chi connectivity index (χ2n) is 15.7. The molecule has 10 nitrogen and oxygen atoms in total. The number of carboxylic acids is 2. The molecule has 2 aromatic heterocycles. The monoisotopic (exact) mass is 845 g/mol. The number of fused-ring (bicyclic) bond motifs is 1. The first-order valence-corrected chi connectivity index (χ1v) is 22.0. The average molecular weight is 846 g/mol. The van der Waals surface area contributed by atoms with Gasteiger partial charge >= 0.3 is 11.9 Å². The lowest BCUT2D eigenvalue weighted by molar-refractivity contribution is -0.142. The fraction of sp³-hybridized carbons (Fsp3) is 0.312. The van der Waals surface area contributed by atoms with E-state index in [-0.39, 0.29) is 5.50 Å². The van der Waals surface area contributed by atoms with E-state index in [4.69, 9.17) is 9.72 Å². The third-order valence-corrected chi connectivity index (χ3v) is 13.1. The number of anilines is 1. The van der Waals surface area contributed by atoms with Crippen molar-refractivity contribution in [1.82, 2.24) is 20.6 Å². The normalized spacial score (nSPS) is 14.8. The van der Waals surface area contributed by atoms with Gasteiger partial charge < -0.3 is 30.6 Å². The zero-order chi connectivity index (χ0) is 42.8. The molecule has 60 heavy (non-hydrogen) atoms. The molecular formula is C48H55N5O5S2. The summed E-state index contributed by atoms with van der Waals surface area (Å²) in [7, 11) is 1.65. The Kier molecular flexibility index (Phi) is 15.1. The van der Waals surface area contributed by atoms with Crippen LogP contribution in [0.4, 0.5) is 5.13 Å². The number of nitrogens with zero attached hydrogens (tertiary/aromatic N) is 1. The highest BCUT2D eigenvalue weighted by Crippen LogP contribution is 2.39. The summed E-state index contributed by atoms with van der Waals surface area (Å²) in [5.74, 6) is -1.12. The number of carboxylic acid groups (broad SMARTS) is 2. The van der Waals surface area contributed by atoms with Gasteiger partial charge in [-0.25, -0.2) is 4.98 Å². The number of carbonyl (C=O) groups is 2. The van der Waals surface area contributed by atoms with E-state index in [1.807, 2.05) is 85.1 Å². The van der Waals surface area contributed by atoms with E-state index in [2.05, 4.69) is 79.8 Å². The highest BCUT2D eigenvalue weighted by atomic mass is 32.2. The van der Waals surface area contributed by atoms with Crippen molar-refractivity contribution in [1.29, 1.82) is 0 Å². The number of aromatic nitrogens is 2. The SMILES string of the molecule is COc1cccc(-c2nc(NCC(Cc3ccc4[nH]ccc4c3)C(=O)O)sc2C(C)C)c1.Cc1ccc(C2=C(C(C)C)SC(NCC(Cc3ccccc3)C(=O)O)N2)cc1. The minimum absolute atomic E-state index is 0.0219. The van der Waals surface area contributed by atoms with Crippen molar-refractivity contribution in [2.45, 2.75) is 58.9 Å². The molecule has 0 saturated carbocycles. The van der Waals surface area contributed by atoms with Crippen LogP contribution in [-0.2, 0) is 22.4 Å². The molecule has 3 unspecified atom stereocenters. The van der Waals surface area contributed by atoms with Gasteiger partial charge in [0.1, 0.15) is 11.2 Å². The van der Waals surface area contributed by atoms with Crippen molar-refractivity contribution in [2.24, 2.45) is 17.8 Å². The van der Waals surface area contributed by atoms with Gasteiger partial charge in [-0.1, -0.05) is 118 Å². The molecule has 6 aromatic rings. The minimum atomic E-state index is -0.819. The first-order valence-electron chi connectivity index (χ1n) is 20.3. The molecule has 314 valence electrons. The van der Waals surface area contributed by atoms with E-state index in [0.717, 1.165) is 54.7 Å². The molecule has 1 aliphatic rings. The molecule has 0 amide bonds. The van der Waals surface area contributed by atoms with E-state index in [9.17, 15) is 19.8 Å². The molecule has 0 radical (unpaired) electrons. The summed E-state index contributed by atoms with van der Waals surface area (Å²) in [4.78, 5) is 34.1. The van der Waals surface area contributed by atoms with Gasteiger partial charge in [-0.3, -0.25) is 14.9 Å². The molecule has 6 N–H and O–H groups in total. The van der Waals surface area contributed by atoms with Gasteiger partial charge in [0.25, 0.3) is 0 Å². The van der Waals surface area contributed by atoms with E-state index in [1.165, 1.54) is 16.0 Å². The smallest absolute Gasteiger partial charge is 0.308 e. The van der Waals surface area contributed by atoms with Gasteiger partial charge in [0.15, 0.2) is 5.13 Å². The number of hydrogen-bond acceptors (Lipinski definition) is 9. The maximum atomic E-state index is 11.9. The highest BCUT2D eigenvalue weighted by Gasteiger charge is 2.28. The fourth-order valence-electron chi connectivity index (χ4n) is 7.02. The Balaban J connectivity index is 0.000000203. The van der Waals surface area contributed by atoms with Crippen LogP contribution in [0.2, 0.25) is 0 Å². The van der Waals surface area contributed by atoms with Crippen LogP contribution < -0.4 is 20.7 Å². The summed E-state index contributed by atoms with van der Waals surface area (Å²) in [5, 5.41) is 31.5. The minimum Gasteiger partial charge on any atom is -0.497 e. The molecule has 0 spiro atoms. The first kappa shape index (κ1) is 44.0. The number of aromatic amines is 1. The quantitative estimate of drug-likeness (QED) is 0.0524. The maximum absolute atomic E-state index is 11.9. The molecule has 1 aliphatic heterocycles. The van der Waals surface area contributed by atoms with Crippen LogP contribution in [0.5, 0.6) is 5.75 Å². The zero-order valence-electron chi connectivity index (χ0n) is 35.0. The Labute approximate surface area is 360 Å². The van der Waals surface area contributed by atoms with Crippen molar-refractivity contribution in [3.05, 3.63) is 141 Å². The van der Waals surface area contributed by atoms with Gasteiger partial charge in [-0.2, -0.15) is 0 Å². The fourth-order valence-corrected chi connectivity index (χ4v) is 9.20. The van der Waals surface area contributed by atoms with Gasteiger partial charge in [0.05, 0.1) is 30.3 Å². The van der Waals surface area contributed by atoms with Crippen LogP contribution in [0, 0.1) is 24.7 Å². The van der Waals surface area contributed by atoms with Crippen LogP contribution in [0.15, 0.2) is 114 Å². The lowest BCUT2D eigenvalue weighted by atomic mass is 9.98. The van der Waals surface area contributed by atoms with Crippen LogP contribution in [0.3, 0.4) is 0 Å². The molecule has 0 saturated heterocycles. The second kappa shape index (κ2) is 20.6. The number of aliphatic carboxylic acids is 2. The van der Waals surface area contributed by atoms with Crippen LogP contribution >= 0.6 is 23.1 Å². The predicted octanol–water partition coefficient (Wildman–Crippen LogP) is 10.3. The number of benzene rings is 4. The average Bonchev–Trinajstić information content (AvgIpc) is 4.01. The van der Waals surface area contributed by atoms with Crippen molar-refractivity contribution < 1.29 is 24.5 Å². The molecule has 4 aromatic carbocycles. The van der Waals surface area contributed by atoms with Crippen LogP contribution in [-0.4, -0.2) is 57.8 Å². The van der Waals surface area contributed by atoms with E-state index < -0.39 is 23.8 Å². The standard InChI is InChI=1S/C25H27N3O3S.C23H28N2O2S/c1-15(2)23-22(18-5-4-6-20(13-18)31-3)28-25(32-23)27-14-19(24(29)30)12-16-7-8-21-17(11-16)9-10-26-21;1-15(2)21-20(18-11-9-16(3)10-12-18)25-23(28-21)24-14-19(22(26)27)13-17-7-5-4-6-8-17/h4-11,13,15,19,26H,12,14H2,1-3H3,(H,27,28)(H,29,30);4-12,15,19,23-25H,13-14H2,1-3H3,(H,26,27). The van der Waals surface area contributed by atoms with E-state index >= 15 is 0 Å². The Morgan fingerprint density at radius 3 is 2.20 bits per heavy atom. The predicted molar refractivity (Wildman–Crippen MR) is 247 cm³/mol. The van der Waals surface area contributed by atoms with Crippen LogP contribution in [0.1, 0.15) is 60.7 Å². The number of aryl methyl sites for hydroxylation is 1. The zero-order valence-corrected chi connectivity index (χ0v) is 36.6. The molecule has 3 atom stereocenters. The van der Waals surface area contributed by atoms with Crippen molar-refractivity contribution in [2.75, 3.05) is 25.5 Å². The maximum Gasteiger partial charge on any atom is 0.308 e. The van der Waals surface area contributed by atoms with Gasteiger partial charge in [-0.15, -0.1) is 11.3 Å². The summed E-state index contributed by atoms with van der Waals surface area (Å²) in [6, 6.07) is 34.2. The highest BCUT2D eigenvalue weighted by molar-refractivity contribution is 8.04. The molecular weight excluding hydrogens is 791 g/mol. The third kappa shape index (κ3) is 11.6. The lowest BCUT2D eigenvalue weighted by Gasteiger charge is -2.19. The number of H-pyrrole nitrogens is 1. The number of nitrogens with one attached hydrogen (secondary N) is 4. The number of rotatable bonds is 17. The molecule has 7 rings (SSSR count). The number of thioether (sulfide) groups is 1. The van der Waals surface area contributed by atoms with Crippen molar-refractivity contribution in [3.8, 4) is 17.0 Å². The summed E-state index contributed by atoms with van der Waals surface area (Å²) < 4.78 is 5.36. The van der Waals surface area contributed by atoms with E-state index in [1.54, 1.807) is 30.2 Å². The summed E-state index contributed by atoms with van der Waals surface area (Å²) in [5.41, 5.74) is 8.54. The first-order chi connectivity index (χ1) is 28.9. The topological polar surface area (TPSA) is 149 Å². The number of allylic oxidation sites excluding steroid dienone is 1. The molecule has 0 fully saturated rings. The number of hydrogen-bond donors (Lipinski definition) is 6. The number of methoxy groups -OCH3 is 1. The van der Waals surface area contributed by atoms with Crippen molar-refractivity contribution in [3.63, 3.8) is 0 Å². The van der Waals surface area contributed by atoms with Gasteiger partial charge in [0.2, 0.25) is 0 Å². The largest absolute Gasteiger partial charge is 0.497 e. The van der Waals surface area contributed by atoms with Gasteiger partial charge in [0, 0.05) is 40.1 Å². The third-order valence-electron chi connectivity index (χ3n) is 10.3. The summed E-state index contributed by atoms with van der Waals surface area (Å²) >= 11 is 3.33. The molecule has 0 aliphatic carbocycles. The molecule has 0 bridgehead atoms. The second-order valence-corrected chi connectivity index (χ2v) is 17.9.